The molecule has 0 radical (unpaired) electrons. The first kappa shape index (κ1) is 15.9. The highest BCUT2D eigenvalue weighted by Crippen LogP contribution is 2.13. The topological polar surface area (TPSA) is 30.5 Å². The van der Waals surface area contributed by atoms with Gasteiger partial charge in [0.1, 0.15) is 0 Å². The van der Waals surface area contributed by atoms with Gasteiger partial charge in [0.2, 0.25) is 0 Å². The maximum Gasteiger partial charge on any atom is 0.169 e. The minimum atomic E-state index is -0.137. The largest absolute Gasteiger partial charge is 0.355 e. The SMILES string of the molecule is COC(CNC(CC(C)C)CC(C)C)OC. The van der Waals surface area contributed by atoms with Crippen molar-refractivity contribution in [1.82, 2.24) is 5.32 Å². The van der Waals surface area contributed by atoms with Gasteiger partial charge < -0.3 is 14.8 Å². The number of hydrogen-bond donors (Lipinski definition) is 1. The van der Waals surface area contributed by atoms with Crippen LogP contribution >= 0.6 is 0 Å². The molecule has 0 saturated heterocycles. The Morgan fingerprint density at radius 2 is 1.31 bits per heavy atom. The Kier molecular flexibility index (Phi) is 8.90. The van der Waals surface area contributed by atoms with Crippen LogP contribution in [0.4, 0.5) is 0 Å². The molecule has 0 heterocycles. The molecule has 0 aliphatic heterocycles. The van der Waals surface area contributed by atoms with Crippen LogP contribution in [0.3, 0.4) is 0 Å². The van der Waals surface area contributed by atoms with Gasteiger partial charge in [-0.2, -0.15) is 0 Å². The van der Waals surface area contributed by atoms with E-state index in [1.807, 2.05) is 0 Å². The van der Waals surface area contributed by atoms with Crippen molar-refractivity contribution in [1.29, 1.82) is 0 Å². The van der Waals surface area contributed by atoms with Crippen LogP contribution in [0.5, 0.6) is 0 Å². The summed E-state index contributed by atoms with van der Waals surface area (Å²) in [6.07, 6.45) is 2.28. The molecule has 0 saturated carbocycles. The lowest BCUT2D eigenvalue weighted by Crippen LogP contribution is -2.38. The zero-order chi connectivity index (χ0) is 12.6. The van der Waals surface area contributed by atoms with Crippen molar-refractivity contribution in [3.63, 3.8) is 0 Å². The molecule has 16 heavy (non-hydrogen) atoms. The lowest BCUT2D eigenvalue weighted by Gasteiger charge is -2.24. The van der Waals surface area contributed by atoms with Gasteiger partial charge in [0.05, 0.1) is 0 Å². The fraction of sp³-hybridized carbons (Fsp3) is 1.00. The zero-order valence-electron chi connectivity index (χ0n) is 11.7. The molecule has 0 amide bonds. The molecule has 0 unspecified atom stereocenters. The molecular weight excluding hydrogens is 202 g/mol. The molecule has 0 atom stereocenters. The summed E-state index contributed by atoms with van der Waals surface area (Å²) >= 11 is 0. The zero-order valence-corrected chi connectivity index (χ0v) is 11.7. The molecule has 3 nitrogen and oxygen atoms in total. The molecular formula is C13H29NO2. The Morgan fingerprint density at radius 1 is 0.875 bits per heavy atom. The first-order valence-corrected chi connectivity index (χ1v) is 6.28. The summed E-state index contributed by atoms with van der Waals surface area (Å²) in [5.74, 6) is 1.44. The molecule has 0 aromatic rings. The van der Waals surface area contributed by atoms with Crippen LogP contribution in [-0.2, 0) is 9.47 Å². The van der Waals surface area contributed by atoms with Crippen LogP contribution in [0.15, 0.2) is 0 Å². The summed E-state index contributed by atoms with van der Waals surface area (Å²) in [5, 5.41) is 3.53. The predicted octanol–water partition coefficient (Wildman–Crippen LogP) is 2.66. The average molecular weight is 231 g/mol. The van der Waals surface area contributed by atoms with Crippen LogP contribution in [0.1, 0.15) is 40.5 Å². The van der Waals surface area contributed by atoms with Gasteiger partial charge in [0.25, 0.3) is 0 Å². The molecule has 0 fully saturated rings. The monoisotopic (exact) mass is 231 g/mol. The van der Waals surface area contributed by atoms with E-state index in [1.165, 1.54) is 12.8 Å². The van der Waals surface area contributed by atoms with Crippen molar-refractivity contribution < 1.29 is 9.47 Å². The first-order valence-electron chi connectivity index (χ1n) is 6.28. The normalized spacial score (nSPS) is 12.4. The highest BCUT2D eigenvalue weighted by atomic mass is 16.7. The second-order valence-electron chi connectivity index (χ2n) is 5.27. The number of ether oxygens (including phenoxy) is 2. The number of rotatable bonds is 9. The molecule has 0 spiro atoms. The maximum atomic E-state index is 5.18. The van der Waals surface area contributed by atoms with Crippen molar-refractivity contribution in [3.8, 4) is 0 Å². The van der Waals surface area contributed by atoms with E-state index in [2.05, 4.69) is 33.0 Å². The van der Waals surface area contributed by atoms with E-state index in [0.29, 0.717) is 6.04 Å². The van der Waals surface area contributed by atoms with Gasteiger partial charge in [-0.1, -0.05) is 27.7 Å². The van der Waals surface area contributed by atoms with Crippen molar-refractivity contribution in [2.75, 3.05) is 20.8 Å². The van der Waals surface area contributed by atoms with Crippen LogP contribution in [0.2, 0.25) is 0 Å². The summed E-state index contributed by atoms with van der Waals surface area (Å²) in [6.45, 7) is 9.81. The summed E-state index contributed by atoms with van der Waals surface area (Å²) in [4.78, 5) is 0. The number of hydrogen-bond acceptors (Lipinski definition) is 3. The predicted molar refractivity (Wildman–Crippen MR) is 68.5 cm³/mol. The second kappa shape index (κ2) is 8.97. The number of nitrogens with one attached hydrogen (secondary N) is 1. The Labute approximate surface area is 101 Å². The molecule has 0 aromatic heterocycles. The molecule has 0 aliphatic rings. The molecule has 0 aliphatic carbocycles. The highest BCUT2D eigenvalue weighted by Gasteiger charge is 2.14. The Balaban J connectivity index is 3.99. The van der Waals surface area contributed by atoms with E-state index >= 15 is 0 Å². The minimum Gasteiger partial charge on any atom is -0.355 e. The van der Waals surface area contributed by atoms with Crippen molar-refractivity contribution in [2.45, 2.75) is 52.9 Å². The van der Waals surface area contributed by atoms with Crippen molar-refractivity contribution in [3.05, 3.63) is 0 Å². The van der Waals surface area contributed by atoms with Crippen LogP contribution < -0.4 is 5.32 Å². The second-order valence-corrected chi connectivity index (χ2v) is 5.27. The van der Waals surface area contributed by atoms with E-state index in [-0.39, 0.29) is 6.29 Å². The summed E-state index contributed by atoms with van der Waals surface area (Å²) in [5.41, 5.74) is 0. The van der Waals surface area contributed by atoms with Gasteiger partial charge in [-0.15, -0.1) is 0 Å². The Morgan fingerprint density at radius 3 is 1.62 bits per heavy atom. The smallest absolute Gasteiger partial charge is 0.169 e. The van der Waals surface area contributed by atoms with Gasteiger partial charge in [-0.25, -0.2) is 0 Å². The van der Waals surface area contributed by atoms with Gasteiger partial charge in [-0.3, -0.25) is 0 Å². The van der Waals surface area contributed by atoms with Gasteiger partial charge in [-0.05, 0) is 24.7 Å². The molecule has 98 valence electrons. The highest BCUT2D eigenvalue weighted by molar-refractivity contribution is 4.71. The number of methoxy groups -OCH3 is 2. The quantitative estimate of drug-likeness (QED) is 0.619. The Bertz CT molecular complexity index is 146. The van der Waals surface area contributed by atoms with E-state index in [4.69, 9.17) is 9.47 Å². The van der Waals surface area contributed by atoms with Crippen LogP contribution in [0, 0.1) is 11.8 Å². The lowest BCUT2D eigenvalue weighted by molar-refractivity contribution is -0.100. The fourth-order valence-corrected chi connectivity index (χ4v) is 1.93. The molecule has 0 bridgehead atoms. The van der Waals surface area contributed by atoms with E-state index in [0.717, 1.165) is 18.4 Å². The molecule has 0 rings (SSSR count). The lowest BCUT2D eigenvalue weighted by atomic mass is 9.95. The minimum absolute atomic E-state index is 0.137. The summed E-state index contributed by atoms with van der Waals surface area (Å²) in [7, 11) is 3.35. The van der Waals surface area contributed by atoms with Crippen molar-refractivity contribution >= 4 is 0 Å². The van der Waals surface area contributed by atoms with E-state index in [1.54, 1.807) is 14.2 Å². The summed E-state index contributed by atoms with van der Waals surface area (Å²) in [6, 6.07) is 0.563. The standard InChI is InChI=1S/C13H29NO2/c1-10(2)7-12(8-11(3)4)14-9-13(15-5)16-6/h10-14H,7-9H2,1-6H3. The van der Waals surface area contributed by atoms with Crippen molar-refractivity contribution in [2.24, 2.45) is 11.8 Å². The third-order valence-corrected chi connectivity index (χ3v) is 2.61. The van der Waals surface area contributed by atoms with Gasteiger partial charge in [0, 0.05) is 26.8 Å². The fourth-order valence-electron chi connectivity index (χ4n) is 1.93. The van der Waals surface area contributed by atoms with Crippen LogP contribution in [0.25, 0.3) is 0 Å². The Hall–Kier alpha value is -0.120. The van der Waals surface area contributed by atoms with Crippen LogP contribution in [-0.4, -0.2) is 33.1 Å². The van der Waals surface area contributed by atoms with Gasteiger partial charge >= 0.3 is 0 Å². The molecule has 0 aromatic carbocycles. The third-order valence-electron chi connectivity index (χ3n) is 2.61. The average Bonchev–Trinajstić information content (AvgIpc) is 2.17. The maximum absolute atomic E-state index is 5.18. The first-order chi connectivity index (χ1) is 7.49. The van der Waals surface area contributed by atoms with Gasteiger partial charge in [0.15, 0.2) is 6.29 Å². The van der Waals surface area contributed by atoms with E-state index in [9.17, 15) is 0 Å². The molecule has 3 heteroatoms. The van der Waals surface area contributed by atoms with E-state index < -0.39 is 0 Å². The molecule has 1 N–H and O–H groups in total. The third kappa shape index (κ3) is 8.08. The summed E-state index contributed by atoms with van der Waals surface area (Å²) < 4.78 is 10.4.